The molecule has 1 aliphatic rings. The molecule has 0 aliphatic heterocycles. The van der Waals surface area contributed by atoms with Crippen molar-refractivity contribution in [2.24, 2.45) is 5.73 Å². The van der Waals surface area contributed by atoms with E-state index >= 15 is 0 Å². The zero-order valence-electron chi connectivity index (χ0n) is 10.4. The van der Waals surface area contributed by atoms with Gasteiger partial charge in [-0.3, -0.25) is 0 Å². The number of aryl methyl sites for hydroxylation is 1. The molecule has 0 radical (unpaired) electrons. The normalized spacial score (nSPS) is 26.0. The van der Waals surface area contributed by atoms with E-state index < -0.39 is 0 Å². The van der Waals surface area contributed by atoms with E-state index in [2.05, 4.69) is 19.1 Å². The monoisotopic (exact) mass is 239 g/mol. The van der Waals surface area contributed by atoms with Gasteiger partial charge in [-0.05, 0) is 36.1 Å². The lowest BCUT2D eigenvalue weighted by molar-refractivity contribution is 0.466. The Balaban J connectivity index is 1.98. The Morgan fingerprint density at radius 2 is 1.78 bits per heavy atom. The molecule has 0 amide bonds. The quantitative estimate of drug-likeness (QED) is 0.846. The Kier molecular flexibility index (Phi) is 2.42. The van der Waals surface area contributed by atoms with Crippen LogP contribution in [0.5, 0.6) is 5.75 Å². The molecule has 0 bridgehead atoms. The number of hydrogen-bond donors (Lipinski definition) is 2. The van der Waals surface area contributed by atoms with Crippen molar-refractivity contribution in [1.82, 2.24) is 0 Å². The molecule has 1 aliphatic carbocycles. The Bertz CT molecular complexity index is 593. The maximum atomic E-state index is 9.91. The fourth-order valence-electron chi connectivity index (χ4n) is 2.84. The summed E-state index contributed by atoms with van der Waals surface area (Å²) in [4.78, 5) is 0. The molecule has 3 rings (SSSR count). The van der Waals surface area contributed by atoms with Crippen LogP contribution in [0.25, 0.3) is 0 Å². The number of para-hydroxylation sites is 1. The molecule has 92 valence electrons. The number of phenols is 1. The van der Waals surface area contributed by atoms with E-state index in [4.69, 9.17) is 5.73 Å². The predicted molar refractivity (Wildman–Crippen MR) is 72.5 cm³/mol. The van der Waals surface area contributed by atoms with E-state index in [1.165, 1.54) is 11.1 Å². The number of benzene rings is 2. The van der Waals surface area contributed by atoms with Crippen LogP contribution in [0.1, 0.15) is 29.0 Å². The van der Waals surface area contributed by atoms with Crippen molar-refractivity contribution in [2.75, 3.05) is 0 Å². The lowest BCUT2D eigenvalue weighted by Crippen LogP contribution is -2.22. The summed E-state index contributed by atoms with van der Waals surface area (Å²) in [5, 5.41) is 9.91. The highest BCUT2D eigenvalue weighted by Crippen LogP contribution is 2.58. The number of aromatic hydroxyl groups is 1. The minimum Gasteiger partial charge on any atom is -0.508 e. The lowest BCUT2D eigenvalue weighted by atomic mass is 9.95. The summed E-state index contributed by atoms with van der Waals surface area (Å²) in [6.45, 7) is 2.09. The van der Waals surface area contributed by atoms with Crippen molar-refractivity contribution in [1.29, 1.82) is 0 Å². The summed E-state index contributed by atoms with van der Waals surface area (Å²) < 4.78 is 0. The van der Waals surface area contributed by atoms with Crippen LogP contribution in [0, 0.1) is 6.92 Å². The zero-order chi connectivity index (χ0) is 12.8. The highest BCUT2D eigenvalue weighted by Gasteiger charge is 2.54. The second-order valence-electron chi connectivity index (χ2n) is 5.17. The number of rotatable bonds is 2. The third-order valence-electron chi connectivity index (χ3n) is 3.96. The van der Waals surface area contributed by atoms with Gasteiger partial charge in [0.15, 0.2) is 0 Å². The van der Waals surface area contributed by atoms with Crippen LogP contribution < -0.4 is 5.73 Å². The summed E-state index contributed by atoms with van der Waals surface area (Å²) in [5.74, 6) is 0.572. The molecule has 2 aromatic carbocycles. The predicted octanol–water partition coefficient (Wildman–Crippen LogP) is 3.04. The molecule has 2 unspecified atom stereocenters. The van der Waals surface area contributed by atoms with Gasteiger partial charge < -0.3 is 10.8 Å². The topological polar surface area (TPSA) is 46.2 Å². The van der Waals surface area contributed by atoms with Gasteiger partial charge in [-0.2, -0.15) is 0 Å². The van der Waals surface area contributed by atoms with Gasteiger partial charge >= 0.3 is 0 Å². The van der Waals surface area contributed by atoms with Crippen LogP contribution in [0.3, 0.4) is 0 Å². The molecule has 1 fully saturated rings. The van der Waals surface area contributed by atoms with Gasteiger partial charge in [0.1, 0.15) is 5.75 Å². The molecule has 2 aromatic rings. The van der Waals surface area contributed by atoms with Crippen molar-refractivity contribution in [3.05, 3.63) is 65.2 Å². The average molecular weight is 239 g/mol. The highest BCUT2D eigenvalue weighted by atomic mass is 16.3. The molecule has 2 atom stereocenters. The first-order valence-electron chi connectivity index (χ1n) is 6.26. The SMILES string of the molecule is Cc1ccccc1C1(N)CC1c1ccccc1O. The second kappa shape index (κ2) is 3.85. The van der Waals surface area contributed by atoms with Gasteiger partial charge in [0.05, 0.1) is 0 Å². The first-order valence-corrected chi connectivity index (χ1v) is 6.26. The third-order valence-corrected chi connectivity index (χ3v) is 3.96. The van der Waals surface area contributed by atoms with Gasteiger partial charge in [-0.1, -0.05) is 42.5 Å². The first-order chi connectivity index (χ1) is 8.63. The fourth-order valence-corrected chi connectivity index (χ4v) is 2.84. The summed E-state index contributed by atoms with van der Waals surface area (Å²) in [6.07, 6.45) is 0.898. The Labute approximate surface area is 107 Å². The average Bonchev–Trinajstić information content (AvgIpc) is 3.03. The number of nitrogens with two attached hydrogens (primary N) is 1. The van der Waals surface area contributed by atoms with E-state index in [0.29, 0.717) is 5.75 Å². The lowest BCUT2D eigenvalue weighted by Gasteiger charge is -2.15. The molecule has 0 aromatic heterocycles. The fraction of sp³-hybridized carbons (Fsp3) is 0.250. The summed E-state index contributed by atoms with van der Waals surface area (Å²) >= 11 is 0. The van der Waals surface area contributed by atoms with Crippen molar-refractivity contribution < 1.29 is 5.11 Å². The van der Waals surface area contributed by atoms with Gasteiger partial charge in [0.25, 0.3) is 0 Å². The second-order valence-corrected chi connectivity index (χ2v) is 5.17. The number of phenolic OH excluding ortho intramolecular Hbond substituents is 1. The minimum atomic E-state index is -0.315. The van der Waals surface area contributed by atoms with Crippen molar-refractivity contribution in [3.63, 3.8) is 0 Å². The maximum absolute atomic E-state index is 9.91. The smallest absolute Gasteiger partial charge is 0.119 e. The standard InChI is InChI=1S/C16H17NO/c1-11-6-2-4-8-13(11)16(17)10-14(16)12-7-3-5-9-15(12)18/h2-9,14,18H,10,17H2,1H3. The molecule has 0 heterocycles. The third kappa shape index (κ3) is 1.61. The molecule has 18 heavy (non-hydrogen) atoms. The van der Waals surface area contributed by atoms with Gasteiger partial charge in [0.2, 0.25) is 0 Å². The Morgan fingerprint density at radius 3 is 2.50 bits per heavy atom. The Hall–Kier alpha value is -1.80. The summed E-state index contributed by atoms with van der Waals surface area (Å²) in [5.41, 5.74) is 9.56. The molecule has 2 nitrogen and oxygen atoms in total. The molecule has 1 saturated carbocycles. The van der Waals surface area contributed by atoms with E-state index in [1.807, 2.05) is 30.3 Å². The molecule has 0 spiro atoms. The van der Waals surface area contributed by atoms with Gasteiger partial charge in [-0.15, -0.1) is 0 Å². The number of hydrogen-bond acceptors (Lipinski definition) is 2. The molecular weight excluding hydrogens is 222 g/mol. The van der Waals surface area contributed by atoms with E-state index in [-0.39, 0.29) is 11.5 Å². The zero-order valence-corrected chi connectivity index (χ0v) is 10.4. The maximum Gasteiger partial charge on any atom is 0.119 e. The van der Waals surface area contributed by atoms with Crippen LogP contribution in [-0.4, -0.2) is 5.11 Å². The van der Waals surface area contributed by atoms with E-state index in [0.717, 1.165) is 12.0 Å². The van der Waals surface area contributed by atoms with Gasteiger partial charge in [-0.25, -0.2) is 0 Å². The van der Waals surface area contributed by atoms with Crippen LogP contribution in [-0.2, 0) is 5.54 Å². The summed E-state index contributed by atoms with van der Waals surface area (Å²) in [7, 11) is 0. The van der Waals surface area contributed by atoms with E-state index in [9.17, 15) is 5.11 Å². The largest absolute Gasteiger partial charge is 0.508 e. The summed E-state index contributed by atoms with van der Waals surface area (Å²) in [6, 6.07) is 15.7. The van der Waals surface area contributed by atoms with Gasteiger partial charge in [0, 0.05) is 11.5 Å². The minimum absolute atomic E-state index is 0.222. The van der Waals surface area contributed by atoms with Crippen LogP contribution in [0.15, 0.2) is 48.5 Å². The molecule has 0 saturated heterocycles. The van der Waals surface area contributed by atoms with Crippen molar-refractivity contribution in [3.8, 4) is 5.75 Å². The van der Waals surface area contributed by atoms with E-state index in [1.54, 1.807) is 6.07 Å². The van der Waals surface area contributed by atoms with Crippen LogP contribution in [0.2, 0.25) is 0 Å². The highest BCUT2D eigenvalue weighted by molar-refractivity contribution is 5.48. The molecule has 2 heteroatoms. The first kappa shape index (κ1) is 11.3. The molecular formula is C16H17NO. The molecule has 3 N–H and O–H groups in total. The van der Waals surface area contributed by atoms with Crippen molar-refractivity contribution >= 4 is 0 Å². The van der Waals surface area contributed by atoms with Crippen LogP contribution >= 0.6 is 0 Å². The Morgan fingerprint density at radius 1 is 1.11 bits per heavy atom. The van der Waals surface area contributed by atoms with Crippen molar-refractivity contribution in [2.45, 2.75) is 24.8 Å². The van der Waals surface area contributed by atoms with Crippen LogP contribution in [0.4, 0.5) is 0 Å².